The Hall–Kier alpha value is -3.35. The second kappa shape index (κ2) is 9.43. The molecule has 0 aromatic heterocycles. The molecule has 1 saturated heterocycles. The average molecular weight is 410 g/mol. The first-order chi connectivity index (χ1) is 14.4. The Balaban J connectivity index is 1.53. The minimum atomic E-state index is -0.579. The molecular formula is C23H26N2O5. The fourth-order valence-electron chi connectivity index (χ4n) is 3.54. The van der Waals surface area contributed by atoms with Crippen LogP contribution < -0.4 is 10.1 Å². The van der Waals surface area contributed by atoms with E-state index in [1.165, 1.54) is 7.11 Å². The zero-order valence-corrected chi connectivity index (χ0v) is 17.4. The number of aryl methyl sites for hydroxylation is 1. The van der Waals surface area contributed by atoms with Gasteiger partial charge in [0.25, 0.3) is 5.91 Å². The lowest BCUT2D eigenvalue weighted by Crippen LogP contribution is -2.30. The van der Waals surface area contributed by atoms with Gasteiger partial charge in [-0.05, 0) is 37.1 Å². The number of hydrogen-bond donors (Lipinski definition) is 1. The van der Waals surface area contributed by atoms with Crippen molar-refractivity contribution in [3.8, 4) is 5.75 Å². The second-order valence-electron chi connectivity index (χ2n) is 7.39. The molecule has 3 rings (SSSR count). The number of benzene rings is 2. The first kappa shape index (κ1) is 21.4. The molecule has 1 aliphatic heterocycles. The maximum absolute atomic E-state index is 12.4. The highest BCUT2D eigenvalue weighted by Crippen LogP contribution is 2.29. The highest BCUT2D eigenvalue weighted by atomic mass is 16.5. The first-order valence-corrected chi connectivity index (χ1v) is 9.84. The molecule has 0 aliphatic carbocycles. The average Bonchev–Trinajstić information content (AvgIpc) is 3.14. The van der Waals surface area contributed by atoms with Gasteiger partial charge in [-0.25, -0.2) is 0 Å². The maximum atomic E-state index is 12.4. The van der Waals surface area contributed by atoms with E-state index in [1.54, 1.807) is 17.0 Å². The largest absolute Gasteiger partial charge is 0.495 e. The Morgan fingerprint density at radius 1 is 1.20 bits per heavy atom. The third-order valence-corrected chi connectivity index (χ3v) is 5.22. The number of methoxy groups -OCH3 is 1. The van der Waals surface area contributed by atoms with Crippen molar-refractivity contribution in [2.75, 3.05) is 25.6 Å². The summed E-state index contributed by atoms with van der Waals surface area (Å²) >= 11 is 0. The molecule has 1 N–H and O–H groups in total. The highest BCUT2D eigenvalue weighted by molar-refractivity contribution is 5.95. The van der Waals surface area contributed by atoms with E-state index in [2.05, 4.69) is 5.32 Å². The van der Waals surface area contributed by atoms with Crippen molar-refractivity contribution in [2.45, 2.75) is 26.3 Å². The third-order valence-electron chi connectivity index (χ3n) is 5.22. The van der Waals surface area contributed by atoms with E-state index in [9.17, 15) is 14.4 Å². The number of nitrogens with zero attached hydrogens (tertiary/aromatic N) is 1. The number of hydrogen-bond acceptors (Lipinski definition) is 5. The van der Waals surface area contributed by atoms with Crippen LogP contribution in [-0.2, 0) is 19.1 Å². The fourth-order valence-corrected chi connectivity index (χ4v) is 3.54. The second-order valence-corrected chi connectivity index (χ2v) is 7.39. The summed E-state index contributed by atoms with van der Waals surface area (Å²) in [6.07, 6.45) is 0.0866. The topological polar surface area (TPSA) is 84.9 Å². The van der Waals surface area contributed by atoms with Crippen molar-refractivity contribution < 1.29 is 23.9 Å². The van der Waals surface area contributed by atoms with E-state index in [-0.39, 0.29) is 24.9 Å². The summed E-state index contributed by atoms with van der Waals surface area (Å²) in [6.45, 7) is 3.69. The molecule has 1 fully saturated rings. The van der Waals surface area contributed by atoms with Gasteiger partial charge in [0.1, 0.15) is 5.75 Å². The van der Waals surface area contributed by atoms with Crippen molar-refractivity contribution in [1.82, 2.24) is 4.90 Å². The Bertz CT molecular complexity index is 928. The summed E-state index contributed by atoms with van der Waals surface area (Å²) < 4.78 is 10.4. The molecule has 2 amide bonds. The van der Waals surface area contributed by atoms with E-state index < -0.39 is 24.4 Å². The van der Waals surface area contributed by atoms with Gasteiger partial charge >= 0.3 is 5.97 Å². The molecule has 0 radical (unpaired) electrons. The molecule has 7 heteroatoms. The summed E-state index contributed by atoms with van der Waals surface area (Å²) in [5.74, 6) is -1.16. The molecule has 0 unspecified atom stereocenters. The van der Waals surface area contributed by atoms with Crippen molar-refractivity contribution in [1.29, 1.82) is 0 Å². The van der Waals surface area contributed by atoms with E-state index in [0.29, 0.717) is 11.4 Å². The van der Waals surface area contributed by atoms with Crippen molar-refractivity contribution in [2.24, 2.45) is 5.92 Å². The van der Waals surface area contributed by atoms with Gasteiger partial charge in [0, 0.05) is 13.0 Å². The van der Waals surface area contributed by atoms with E-state index in [4.69, 9.17) is 9.47 Å². The lowest BCUT2D eigenvalue weighted by Gasteiger charge is -2.25. The standard InChI is InChI=1S/C23H26N2O5/c1-15-9-10-20(29-3)19(11-15)24-21(26)14-30-23(28)18-12-22(27)25(13-18)16(2)17-7-5-4-6-8-17/h4-11,16,18H,12-14H2,1-3H3,(H,24,26)/t16-,18+/m1/s1. The van der Waals surface area contributed by atoms with Gasteiger partial charge in [-0.15, -0.1) is 0 Å². The van der Waals surface area contributed by atoms with Crippen LogP contribution >= 0.6 is 0 Å². The number of likely N-dealkylation sites (tertiary alicyclic amines) is 1. The normalized spacial score (nSPS) is 16.8. The van der Waals surface area contributed by atoms with Crippen LogP contribution in [0, 0.1) is 12.8 Å². The first-order valence-electron chi connectivity index (χ1n) is 9.84. The number of esters is 1. The minimum absolute atomic E-state index is 0.0866. The number of anilines is 1. The fraction of sp³-hybridized carbons (Fsp3) is 0.348. The van der Waals surface area contributed by atoms with E-state index >= 15 is 0 Å². The van der Waals surface area contributed by atoms with Crippen molar-refractivity contribution in [3.05, 3.63) is 59.7 Å². The van der Waals surface area contributed by atoms with Gasteiger partial charge in [0.15, 0.2) is 6.61 Å². The summed E-state index contributed by atoms with van der Waals surface area (Å²) in [5.41, 5.74) is 2.48. The number of carbonyl (C=O) groups is 3. The molecule has 0 saturated carbocycles. The maximum Gasteiger partial charge on any atom is 0.311 e. The van der Waals surface area contributed by atoms with Crippen LogP contribution in [0.2, 0.25) is 0 Å². The van der Waals surface area contributed by atoms with Crippen LogP contribution in [0.3, 0.4) is 0 Å². The van der Waals surface area contributed by atoms with Gasteiger partial charge in [0.05, 0.1) is 24.8 Å². The smallest absolute Gasteiger partial charge is 0.311 e. The van der Waals surface area contributed by atoms with Gasteiger partial charge < -0.3 is 19.7 Å². The number of amides is 2. The molecular weight excluding hydrogens is 384 g/mol. The SMILES string of the molecule is COc1ccc(C)cc1NC(=O)COC(=O)[C@H]1CC(=O)N([C@H](C)c2ccccc2)C1. The number of carbonyl (C=O) groups excluding carboxylic acids is 3. The van der Waals surface area contributed by atoms with Crippen LogP contribution in [0.5, 0.6) is 5.75 Å². The predicted molar refractivity (Wildman–Crippen MR) is 112 cm³/mol. The number of ether oxygens (including phenoxy) is 2. The summed E-state index contributed by atoms with van der Waals surface area (Å²) in [6, 6.07) is 14.9. The monoisotopic (exact) mass is 410 g/mol. The van der Waals surface area contributed by atoms with Crippen LogP contribution in [0.25, 0.3) is 0 Å². The number of rotatable bonds is 7. The Morgan fingerprint density at radius 3 is 2.63 bits per heavy atom. The molecule has 7 nitrogen and oxygen atoms in total. The summed E-state index contributed by atoms with van der Waals surface area (Å²) in [7, 11) is 1.51. The van der Waals surface area contributed by atoms with E-state index in [0.717, 1.165) is 11.1 Å². The molecule has 0 spiro atoms. The quantitative estimate of drug-likeness (QED) is 0.709. The van der Waals surface area contributed by atoms with Crippen LogP contribution in [0.15, 0.2) is 48.5 Å². The zero-order chi connectivity index (χ0) is 21.7. The van der Waals surface area contributed by atoms with Crippen LogP contribution in [0.1, 0.15) is 30.5 Å². The van der Waals surface area contributed by atoms with Gasteiger partial charge in [-0.2, -0.15) is 0 Å². The summed E-state index contributed by atoms with van der Waals surface area (Å²) in [4.78, 5) is 38.7. The van der Waals surface area contributed by atoms with E-state index in [1.807, 2.05) is 50.2 Å². The number of nitrogens with one attached hydrogen (secondary N) is 1. The lowest BCUT2D eigenvalue weighted by atomic mass is 10.1. The lowest BCUT2D eigenvalue weighted by molar-refractivity contribution is -0.151. The Labute approximate surface area is 176 Å². The molecule has 1 heterocycles. The highest BCUT2D eigenvalue weighted by Gasteiger charge is 2.38. The molecule has 1 aliphatic rings. The minimum Gasteiger partial charge on any atom is -0.495 e. The third kappa shape index (κ3) is 4.97. The summed E-state index contributed by atoms with van der Waals surface area (Å²) in [5, 5.41) is 2.69. The molecule has 158 valence electrons. The molecule has 2 aromatic carbocycles. The molecule has 0 bridgehead atoms. The van der Waals surface area contributed by atoms with Gasteiger partial charge in [-0.3, -0.25) is 14.4 Å². The van der Waals surface area contributed by atoms with Gasteiger partial charge in [0.2, 0.25) is 5.91 Å². The molecule has 30 heavy (non-hydrogen) atoms. The van der Waals surface area contributed by atoms with Gasteiger partial charge in [-0.1, -0.05) is 36.4 Å². The molecule has 2 atom stereocenters. The zero-order valence-electron chi connectivity index (χ0n) is 17.4. The predicted octanol–water partition coefficient (Wildman–Crippen LogP) is 3.10. The Kier molecular flexibility index (Phi) is 6.72. The van der Waals surface area contributed by atoms with Crippen molar-refractivity contribution >= 4 is 23.5 Å². The van der Waals surface area contributed by atoms with Crippen LogP contribution in [0.4, 0.5) is 5.69 Å². The van der Waals surface area contributed by atoms with Crippen molar-refractivity contribution in [3.63, 3.8) is 0 Å². The van der Waals surface area contributed by atoms with Crippen LogP contribution in [-0.4, -0.2) is 42.9 Å². The molecule has 2 aromatic rings. The Morgan fingerprint density at radius 2 is 1.93 bits per heavy atom.